The molecule has 0 saturated carbocycles. The van der Waals surface area contributed by atoms with Crippen LogP contribution in [0.3, 0.4) is 0 Å². The minimum Gasteiger partial charge on any atom is -0.457 e. The summed E-state index contributed by atoms with van der Waals surface area (Å²) < 4.78 is 11.1. The van der Waals surface area contributed by atoms with Crippen molar-refractivity contribution in [3.8, 4) is 11.3 Å². The van der Waals surface area contributed by atoms with E-state index in [0.717, 1.165) is 0 Å². The minimum absolute atomic E-state index is 0.0562. The van der Waals surface area contributed by atoms with Crippen LogP contribution in [0, 0.1) is 10.1 Å². The fourth-order valence-electron chi connectivity index (χ4n) is 3.37. The number of morpholine rings is 1. The van der Waals surface area contributed by atoms with Gasteiger partial charge in [-0.25, -0.2) is 0 Å². The van der Waals surface area contributed by atoms with Crippen molar-refractivity contribution in [3.63, 3.8) is 0 Å². The maximum atomic E-state index is 13.1. The number of nitro groups is 1. The molecule has 2 aromatic carbocycles. The standard InChI is InChI=1S/C24H21N3O6/c28-23(17-5-2-1-3-6-17)25-21(24(29)26-11-13-32-14-12-26)16-20-9-10-22(33-20)18-7-4-8-19(15-18)27(30)31/h1-10,15-16H,11-14H2,(H,25,28)/b21-16+. The second-order valence-corrected chi connectivity index (χ2v) is 7.29. The first kappa shape index (κ1) is 22.0. The first-order valence-electron chi connectivity index (χ1n) is 10.3. The number of carbonyl (C=O) groups excluding carboxylic acids is 2. The highest BCUT2D eigenvalue weighted by Gasteiger charge is 2.23. The van der Waals surface area contributed by atoms with Crippen LogP contribution in [0.15, 0.2) is 76.8 Å². The van der Waals surface area contributed by atoms with Crippen LogP contribution in [0.2, 0.25) is 0 Å². The summed E-state index contributed by atoms with van der Waals surface area (Å²) in [5, 5.41) is 13.7. The van der Waals surface area contributed by atoms with Gasteiger partial charge in [0.05, 0.1) is 18.1 Å². The largest absolute Gasteiger partial charge is 0.457 e. The number of non-ortho nitro benzene ring substituents is 1. The summed E-state index contributed by atoms with van der Waals surface area (Å²) in [6.45, 7) is 1.66. The minimum atomic E-state index is -0.481. The lowest BCUT2D eigenvalue weighted by Gasteiger charge is -2.27. The molecule has 1 fully saturated rings. The lowest BCUT2D eigenvalue weighted by molar-refractivity contribution is -0.384. The summed E-state index contributed by atoms with van der Waals surface area (Å²) in [6.07, 6.45) is 1.46. The molecule has 2 amide bonds. The number of hydrogen-bond donors (Lipinski definition) is 1. The Morgan fingerprint density at radius 2 is 1.76 bits per heavy atom. The Balaban J connectivity index is 1.63. The molecule has 1 N–H and O–H groups in total. The lowest BCUT2D eigenvalue weighted by Crippen LogP contribution is -2.44. The SMILES string of the molecule is O=C(N/C(=C/c1ccc(-c2cccc([N+](=O)[O-])c2)o1)C(=O)N1CCOCC1)c1ccccc1. The van der Waals surface area contributed by atoms with E-state index in [2.05, 4.69) is 5.32 Å². The Bertz CT molecular complexity index is 1200. The van der Waals surface area contributed by atoms with Crippen LogP contribution in [-0.4, -0.2) is 47.9 Å². The van der Waals surface area contributed by atoms with Crippen LogP contribution in [0.25, 0.3) is 17.4 Å². The molecule has 2 heterocycles. The van der Waals surface area contributed by atoms with Gasteiger partial charge >= 0.3 is 0 Å². The molecule has 1 aromatic heterocycles. The zero-order chi connectivity index (χ0) is 23.2. The Morgan fingerprint density at radius 1 is 1.00 bits per heavy atom. The molecule has 9 heteroatoms. The first-order valence-corrected chi connectivity index (χ1v) is 10.3. The molecule has 33 heavy (non-hydrogen) atoms. The van der Waals surface area contributed by atoms with Gasteiger partial charge in [0, 0.05) is 42.4 Å². The highest BCUT2D eigenvalue weighted by Crippen LogP contribution is 2.26. The average molecular weight is 447 g/mol. The molecule has 0 atom stereocenters. The van der Waals surface area contributed by atoms with Crippen LogP contribution < -0.4 is 5.32 Å². The predicted octanol–water partition coefficient (Wildman–Crippen LogP) is 3.48. The van der Waals surface area contributed by atoms with E-state index in [-0.39, 0.29) is 17.3 Å². The smallest absolute Gasteiger partial charge is 0.270 e. The molecule has 168 valence electrons. The van der Waals surface area contributed by atoms with E-state index in [0.29, 0.717) is 49.0 Å². The predicted molar refractivity (Wildman–Crippen MR) is 120 cm³/mol. The van der Waals surface area contributed by atoms with Crippen molar-refractivity contribution in [3.05, 3.63) is 93.9 Å². The third kappa shape index (κ3) is 5.34. The number of carbonyl (C=O) groups is 2. The molecule has 9 nitrogen and oxygen atoms in total. The van der Waals surface area contributed by atoms with E-state index in [1.165, 1.54) is 18.2 Å². The molecule has 0 bridgehead atoms. The van der Waals surface area contributed by atoms with Crippen molar-refractivity contribution in [1.29, 1.82) is 0 Å². The van der Waals surface area contributed by atoms with Crippen molar-refractivity contribution >= 4 is 23.6 Å². The Hall–Kier alpha value is -4.24. The normalized spacial score (nSPS) is 14.1. The quantitative estimate of drug-likeness (QED) is 0.351. The van der Waals surface area contributed by atoms with Gasteiger partial charge in [-0.15, -0.1) is 0 Å². The van der Waals surface area contributed by atoms with Gasteiger partial charge in [-0.05, 0) is 24.3 Å². The van der Waals surface area contributed by atoms with Crippen LogP contribution in [0.5, 0.6) is 0 Å². The van der Waals surface area contributed by atoms with Crippen molar-refractivity contribution in [2.75, 3.05) is 26.3 Å². The van der Waals surface area contributed by atoms with Gasteiger partial charge in [0.25, 0.3) is 17.5 Å². The molecule has 0 radical (unpaired) electrons. The number of nitrogens with one attached hydrogen (secondary N) is 1. The summed E-state index contributed by atoms with van der Waals surface area (Å²) in [4.78, 5) is 38.0. The van der Waals surface area contributed by atoms with Gasteiger partial charge in [-0.2, -0.15) is 0 Å². The highest BCUT2D eigenvalue weighted by molar-refractivity contribution is 6.05. The molecule has 0 spiro atoms. The number of ether oxygens (including phenoxy) is 1. The molecule has 1 saturated heterocycles. The lowest BCUT2D eigenvalue weighted by atomic mass is 10.1. The number of nitro benzene ring substituents is 1. The van der Waals surface area contributed by atoms with Crippen molar-refractivity contribution in [1.82, 2.24) is 10.2 Å². The third-order valence-corrected chi connectivity index (χ3v) is 5.07. The van der Waals surface area contributed by atoms with Crippen molar-refractivity contribution < 1.29 is 23.7 Å². The van der Waals surface area contributed by atoms with Gasteiger partial charge in [-0.3, -0.25) is 19.7 Å². The van der Waals surface area contributed by atoms with E-state index < -0.39 is 10.8 Å². The topological polar surface area (TPSA) is 115 Å². The van der Waals surface area contributed by atoms with E-state index in [1.54, 1.807) is 59.5 Å². The summed E-state index contributed by atoms with van der Waals surface area (Å²) in [5.74, 6) is -0.0520. The second kappa shape index (κ2) is 9.92. The van der Waals surface area contributed by atoms with Crippen LogP contribution in [0.1, 0.15) is 16.1 Å². The summed E-state index contributed by atoms with van der Waals surface area (Å²) in [6, 6.07) is 17.9. The summed E-state index contributed by atoms with van der Waals surface area (Å²) in [5.41, 5.74) is 0.943. The summed E-state index contributed by atoms with van der Waals surface area (Å²) >= 11 is 0. The summed E-state index contributed by atoms with van der Waals surface area (Å²) in [7, 11) is 0. The third-order valence-electron chi connectivity index (χ3n) is 5.07. The Morgan fingerprint density at radius 3 is 2.48 bits per heavy atom. The number of hydrogen-bond acceptors (Lipinski definition) is 6. The molecule has 1 aliphatic rings. The number of rotatable bonds is 6. The van der Waals surface area contributed by atoms with Crippen molar-refractivity contribution in [2.45, 2.75) is 0 Å². The molecule has 0 unspecified atom stereocenters. The Kier molecular flexibility index (Phi) is 6.61. The number of nitrogens with zero attached hydrogens (tertiary/aromatic N) is 2. The van der Waals surface area contributed by atoms with Gasteiger partial charge < -0.3 is 19.4 Å². The average Bonchev–Trinajstić information content (AvgIpc) is 3.33. The monoisotopic (exact) mass is 447 g/mol. The fourth-order valence-corrected chi connectivity index (χ4v) is 3.37. The van der Waals surface area contributed by atoms with Crippen molar-refractivity contribution in [2.24, 2.45) is 0 Å². The van der Waals surface area contributed by atoms with Crippen LogP contribution in [-0.2, 0) is 9.53 Å². The van der Waals surface area contributed by atoms with Crippen LogP contribution in [0.4, 0.5) is 5.69 Å². The number of amides is 2. The van der Waals surface area contributed by atoms with E-state index in [4.69, 9.17) is 9.15 Å². The van der Waals surface area contributed by atoms with Gasteiger partial charge in [0.15, 0.2) is 0 Å². The zero-order valence-electron chi connectivity index (χ0n) is 17.6. The molecular formula is C24H21N3O6. The molecule has 4 rings (SSSR count). The molecule has 0 aliphatic carbocycles. The second-order valence-electron chi connectivity index (χ2n) is 7.29. The highest BCUT2D eigenvalue weighted by atomic mass is 16.6. The molecular weight excluding hydrogens is 426 g/mol. The maximum Gasteiger partial charge on any atom is 0.270 e. The van der Waals surface area contributed by atoms with Crippen LogP contribution >= 0.6 is 0 Å². The van der Waals surface area contributed by atoms with Gasteiger partial charge in [0.2, 0.25) is 0 Å². The number of furan rings is 1. The number of benzene rings is 2. The van der Waals surface area contributed by atoms with E-state index in [9.17, 15) is 19.7 Å². The zero-order valence-corrected chi connectivity index (χ0v) is 17.6. The maximum absolute atomic E-state index is 13.1. The van der Waals surface area contributed by atoms with E-state index in [1.807, 2.05) is 0 Å². The first-order chi connectivity index (χ1) is 16.0. The van der Waals surface area contributed by atoms with Gasteiger partial charge in [0.1, 0.15) is 17.2 Å². The molecule has 1 aliphatic heterocycles. The fraction of sp³-hybridized carbons (Fsp3) is 0.167. The molecule has 3 aromatic rings. The van der Waals surface area contributed by atoms with E-state index >= 15 is 0 Å². The Labute approximate surface area is 189 Å². The van der Waals surface area contributed by atoms with Gasteiger partial charge in [-0.1, -0.05) is 30.3 Å².